The summed E-state index contributed by atoms with van der Waals surface area (Å²) < 4.78 is 5.51. The van der Waals surface area contributed by atoms with Gasteiger partial charge < -0.3 is 25.2 Å². The lowest BCUT2D eigenvalue weighted by Gasteiger charge is -2.29. The van der Waals surface area contributed by atoms with E-state index in [0.29, 0.717) is 51.8 Å². The molecule has 1 aromatic heterocycles. The number of aliphatic imine (C=N–C) groups is 2. The molecule has 242 valence electrons. The number of aromatic amines is 1. The first-order valence-corrected chi connectivity index (χ1v) is 16.1. The number of carbonyl (C=O) groups is 2. The first kappa shape index (κ1) is 31.4. The summed E-state index contributed by atoms with van der Waals surface area (Å²) in [6, 6.07) is 14.1. The van der Waals surface area contributed by atoms with Gasteiger partial charge in [-0.25, -0.2) is 4.99 Å². The van der Waals surface area contributed by atoms with Crippen molar-refractivity contribution >= 4 is 52.0 Å². The second kappa shape index (κ2) is 14.3. The van der Waals surface area contributed by atoms with Crippen LogP contribution in [0.3, 0.4) is 0 Å². The number of anilines is 2. The Kier molecular flexibility index (Phi) is 9.74. The number of morpholine rings is 1. The molecule has 0 bridgehead atoms. The maximum absolute atomic E-state index is 13.8. The van der Waals surface area contributed by atoms with Crippen molar-refractivity contribution in [3.8, 4) is 0 Å². The number of likely N-dealkylation sites (tertiary alicyclic amines) is 1. The number of ether oxygens (including phenoxy) is 1. The van der Waals surface area contributed by atoms with E-state index in [9.17, 15) is 9.59 Å². The van der Waals surface area contributed by atoms with Crippen LogP contribution in [0.25, 0.3) is 16.5 Å². The van der Waals surface area contributed by atoms with E-state index in [1.54, 1.807) is 7.05 Å². The van der Waals surface area contributed by atoms with E-state index < -0.39 is 0 Å². The lowest BCUT2D eigenvalue weighted by molar-refractivity contribution is -0.132. The molecule has 12 heteroatoms. The molecular weight excluding hydrogens is 582 g/mol. The molecular formula is C34H43N9O3. The number of fused-ring (bicyclic) bond motifs is 1. The van der Waals surface area contributed by atoms with Crippen LogP contribution in [0.4, 0.5) is 11.5 Å². The van der Waals surface area contributed by atoms with Crippen LogP contribution in [0.1, 0.15) is 30.9 Å². The summed E-state index contributed by atoms with van der Waals surface area (Å²) in [5.74, 6) is 1.40. The van der Waals surface area contributed by atoms with Gasteiger partial charge >= 0.3 is 0 Å². The third-order valence-electron chi connectivity index (χ3n) is 9.14. The van der Waals surface area contributed by atoms with E-state index in [4.69, 9.17) is 10.5 Å². The third-order valence-corrected chi connectivity index (χ3v) is 9.14. The molecule has 2 saturated heterocycles. The fourth-order valence-electron chi connectivity index (χ4n) is 6.53. The highest BCUT2D eigenvalue weighted by atomic mass is 16.5. The van der Waals surface area contributed by atoms with Gasteiger partial charge in [-0.15, -0.1) is 0 Å². The number of benzene rings is 2. The van der Waals surface area contributed by atoms with E-state index in [2.05, 4.69) is 42.1 Å². The molecule has 3 N–H and O–H groups in total. The molecule has 3 aliphatic rings. The van der Waals surface area contributed by atoms with Gasteiger partial charge in [0.15, 0.2) is 5.82 Å². The molecule has 0 saturated carbocycles. The Balaban J connectivity index is 1.03. The van der Waals surface area contributed by atoms with Crippen LogP contribution in [0.2, 0.25) is 0 Å². The van der Waals surface area contributed by atoms with E-state index in [0.717, 1.165) is 66.0 Å². The number of H-pyrrole nitrogens is 1. The van der Waals surface area contributed by atoms with Gasteiger partial charge in [-0.1, -0.05) is 30.3 Å². The number of amides is 2. The monoisotopic (exact) mass is 625 g/mol. The fraction of sp³-hybridized carbons (Fsp3) is 0.441. The summed E-state index contributed by atoms with van der Waals surface area (Å²) in [6.45, 7) is 8.44. The minimum absolute atomic E-state index is 0.105. The van der Waals surface area contributed by atoms with Crippen LogP contribution in [-0.2, 0) is 14.3 Å². The lowest BCUT2D eigenvalue weighted by atomic mass is 9.98. The normalized spacial score (nSPS) is 19.7. The predicted octanol–water partition coefficient (Wildman–Crippen LogP) is 2.75. The summed E-state index contributed by atoms with van der Waals surface area (Å²) in [5.41, 5.74) is 11.0. The molecule has 2 aromatic carbocycles. The van der Waals surface area contributed by atoms with Gasteiger partial charge in [0.1, 0.15) is 12.2 Å². The molecule has 12 nitrogen and oxygen atoms in total. The van der Waals surface area contributed by atoms with Gasteiger partial charge in [0.2, 0.25) is 11.8 Å². The fourth-order valence-corrected chi connectivity index (χ4v) is 6.53. The van der Waals surface area contributed by atoms with Gasteiger partial charge in [-0.05, 0) is 55.6 Å². The van der Waals surface area contributed by atoms with E-state index in [1.165, 1.54) is 11.9 Å². The number of amidine groups is 1. The third kappa shape index (κ3) is 6.82. The van der Waals surface area contributed by atoms with Crippen molar-refractivity contribution in [3.05, 3.63) is 59.7 Å². The summed E-state index contributed by atoms with van der Waals surface area (Å²) in [4.78, 5) is 43.1. The molecule has 6 rings (SSSR count). The Morgan fingerprint density at radius 3 is 2.65 bits per heavy atom. The van der Waals surface area contributed by atoms with Crippen molar-refractivity contribution in [1.82, 2.24) is 20.0 Å². The van der Waals surface area contributed by atoms with Crippen LogP contribution >= 0.6 is 0 Å². The SMILES string of the molecule is CCN(C(=O)C1CCN(CC(=O)N2CC=C(c3ccc(C(N)=NC=NC)cc3)CC2)C1)c1ccc2[nH]nc(N3CCOCC3)c2c1. The maximum Gasteiger partial charge on any atom is 0.237 e. The molecule has 2 amide bonds. The number of hydrogen-bond donors (Lipinski definition) is 2. The number of nitrogens with one attached hydrogen (secondary N) is 1. The van der Waals surface area contributed by atoms with Crippen LogP contribution in [0.15, 0.2) is 58.5 Å². The average Bonchev–Trinajstić information content (AvgIpc) is 3.75. The standard InChI is InChI=1S/C34H43N9O3/c1-3-43(28-8-9-30-29(20-28)33(39-38-30)42-16-18-46-19-17-42)34(45)27-10-13-40(21-27)22-31(44)41-14-11-25(12-15-41)24-4-6-26(7-5-24)32(35)37-23-36-2/h4-9,11,20,23,27H,3,10,12-19,21-22H2,1-2H3,(H,38,39)(H2,35,36,37). The molecule has 4 heterocycles. The molecule has 0 spiro atoms. The van der Waals surface area contributed by atoms with Gasteiger partial charge in [0, 0.05) is 63.0 Å². The second-order valence-corrected chi connectivity index (χ2v) is 12.0. The largest absolute Gasteiger partial charge is 0.383 e. The zero-order chi connectivity index (χ0) is 32.0. The van der Waals surface area contributed by atoms with E-state index in [-0.39, 0.29) is 17.7 Å². The summed E-state index contributed by atoms with van der Waals surface area (Å²) >= 11 is 0. The quantitative estimate of drug-likeness (QED) is 0.276. The van der Waals surface area contributed by atoms with Gasteiger partial charge in [-0.2, -0.15) is 5.10 Å². The highest BCUT2D eigenvalue weighted by Gasteiger charge is 2.33. The van der Waals surface area contributed by atoms with Crippen molar-refractivity contribution in [2.75, 3.05) is 82.4 Å². The van der Waals surface area contributed by atoms with E-state index >= 15 is 0 Å². The van der Waals surface area contributed by atoms with Crippen molar-refractivity contribution in [1.29, 1.82) is 0 Å². The highest BCUT2D eigenvalue weighted by Crippen LogP contribution is 2.31. The number of nitrogens with two attached hydrogens (primary N) is 1. The number of hydrogen-bond acceptors (Lipinski definition) is 7. The predicted molar refractivity (Wildman–Crippen MR) is 182 cm³/mol. The molecule has 0 aliphatic carbocycles. The second-order valence-electron chi connectivity index (χ2n) is 12.0. The van der Waals surface area contributed by atoms with Crippen LogP contribution < -0.4 is 15.5 Å². The summed E-state index contributed by atoms with van der Waals surface area (Å²) in [7, 11) is 1.65. The van der Waals surface area contributed by atoms with Crippen LogP contribution in [0, 0.1) is 5.92 Å². The molecule has 1 unspecified atom stereocenters. The Morgan fingerprint density at radius 1 is 1.13 bits per heavy atom. The van der Waals surface area contributed by atoms with Gasteiger partial charge in [0.05, 0.1) is 31.2 Å². The van der Waals surface area contributed by atoms with Crippen LogP contribution in [0.5, 0.6) is 0 Å². The molecule has 1 atom stereocenters. The van der Waals surface area contributed by atoms with Crippen molar-refractivity contribution in [3.63, 3.8) is 0 Å². The number of rotatable bonds is 9. The number of aromatic nitrogens is 2. The van der Waals surface area contributed by atoms with Gasteiger partial charge in [0.25, 0.3) is 0 Å². The molecule has 3 aliphatic heterocycles. The number of nitrogens with zero attached hydrogens (tertiary/aromatic N) is 7. The zero-order valence-corrected chi connectivity index (χ0v) is 26.7. The zero-order valence-electron chi connectivity index (χ0n) is 26.7. The highest BCUT2D eigenvalue weighted by molar-refractivity contribution is 6.01. The summed E-state index contributed by atoms with van der Waals surface area (Å²) in [5, 5.41) is 8.71. The Labute approximate surface area is 269 Å². The van der Waals surface area contributed by atoms with Crippen LogP contribution in [-0.4, -0.2) is 117 Å². The first-order valence-electron chi connectivity index (χ1n) is 16.1. The summed E-state index contributed by atoms with van der Waals surface area (Å²) in [6.07, 6.45) is 5.10. The molecule has 46 heavy (non-hydrogen) atoms. The lowest BCUT2D eigenvalue weighted by Crippen LogP contribution is -2.42. The Hall–Kier alpha value is -4.55. The smallest absolute Gasteiger partial charge is 0.237 e. The Morgan fingerprint density at radius 2 is 1.93 bits per heavy atom. The van der Waals surface area contributed by atoms with Crippen molar-refractivity contribution in [2.24, 2.45) is 21.6 Å². The Bertz CT molecular complexity index is 1640. The molecule has 2 fully saturated rings. The average molecular weight is 626 g/mol. The minimum Gasteiger partial charge on any atom is -0.383 e. The topological polar surface area (TPSA) is 136 Å². The van der Waals surface area contributed by atoms with E-state index in [1.807, 2.05) is 53.1 Å². The minimum atomic E-state index is -0.143. The molecule has 3 aromatic rings. The maximum atomic E-state index is 13.8. The first-order chi connectivity index (χ1) is 22.4. The van der Waals surface area contributed by atoms with Gasteiger partial charge in [-0.3, -0.25) is 24.6 Å². The van der Waals surface area contributed by atoms with Crippen molar-refractivity contribution < 1.29 is 14.3 Å². The molecule has 0 radical (unpaired) electrons. The number of carbonyl (C=O) groups excluding carboxylic acids is 2. The van der Waals surface area contributed by atoms with Crippen molar-refractivity contribution in [2.45, 2.75) is 19.8 Å².